The lowest BCUT2D eigenvalue weighted by atomic mass is 10.0. The van der Waals surface area contributed by atoms with Crippen LogP contribution >= 0.6 is 50.5 Å². The van der Waals surface area contributed by atoms with Gasteiger partial charge in [0.2, 0.25) is 0 Å². The van der Waals surface area contributed by atoms with E-state index in [1.807, 2.05) is 25.1 Å². The number of rotatable bonds is 4. The zero-order chi connectivity index (χ0) is 14.0. The number of hydrogen-bond acceptors (Lipinski definition) is 3. The van der Waals surface area contributed by atoms with Crippen molar-refractivity contribution < 1.29 is 4.74 Å². The lowest BCUT2D eigenvalue weighted by Gasteiger charge is -2.16. The summed E-state index contributed by atoms with van der Waals surface area (Å²) in [6, 6.07) is 7.19. The molecule has 2 N–H and O–H groups in total. The van der Waals surface area contributed by atoms with E-state index in [0.717, 1.165) is 21.3 Å². The Morgan fingerprint density at radius 1 is 1.32 bits per heavy atom. The molecule has 2 rings (SSSR count). The molecule has 0 aliphatic carbocycles. The summed E-state index contributed by atoms with van der Waals surface area (Å²) in [7, 11) is 0. The van der Waals surface area contributed by atoms with Crippen molar-refractivity contribution in [2.45, 2.75) is 13.0 Å². The summed E-state index contributed by atoms with van der Waals surface area (Å²) in [5.41, 5.74) is 7.99. The minimum atomic E-state index is -0.365. The van der Waals surface area contributed by atoms with Gasteiger partial charge in [-0.15, -0.1) is 11.3 Å². The van der Waals surface area contributed by atoms with E-state index in [9.17, 15) is 0 Å². The van der Waals surface area contributed by atoms with Gasteiger partial charge in [-0.25, -0.2) is 0 Å². The Labute approximate surface area is 134 Å². The second-order valence-electron chi connectivity index (χ2n) is 3.87. The summed E-state index contributed by atoms with van der Waals surface area (Å²) in [4.78, 5) is 0. The monoisotopic (exact) mass is 379 g/mol. The zero-order valence-electron chi connectivity index (χ0n) is 10.1. The summed E-state index contributed by atoms with van der Waals surface area (Å²) < 4.78 is 7.79. The molecule has 0 amide bonds. The third-order valence-corrected chi connectivity index (χ3v) is 4.64. The van der Waals surface area contributed by atoms with E-state index in [4.69, 9.17) is 33.7 Å². The third kappa shape index (κ3) is 3.44. The molecule has 1 aromatic carbocycles. The zero-order valence-corrected chi connectivity index (χ0v) is 14.0. The van der Waals surface area contributed by atoms with Crippen molar-refractivity contribution >= 4 is 50.5 Å². The van der Waals surface area contributed by atoms with E-state index in [-0.39, 0.29) is 6.04 Å². The lowest BCUT2D eigenvalue weighted by Crippen LogP contribution is -2.13. The first-order chi connectivity index (χ1) is 9.02. The maximum absolute atomic E-state index is 6.29. The summed E-state index contributed by atoms with van der Waals surface area (Å²) in [5, 5.41) is 0. The lowest BCUT2D eigenvalue weighted by molar-refractivity contribution is 0.335. The fraction of sp³-hybridized carbons (Fsp3) is 0.231. The number of halogens is 3. The van der Waals surface area contributed by atoms with E-state index < -0.39 is 0 Å². The Kier molecular flexibility index (Phi) is 5.15. The molecule has 1 aromatic heterocycles. The molecular formula is C13H12BrCl2NOS. The molecule has 1 unspecified atom stereocenters. The fourth-order valence-electron chi connectivity index (χ4n) is 1.78. The van der Waals surface area contributed by atoms with E-state index in [1.54, 1.807) is 6.07 Å². The van der Waals surface area contributed by atoms with Crippen LogP contribution in [0.2, 0.25) is 8.67 Å². The van der Waals surface area contributed by atoms with Gasteiger partial charge in [0.25, 0.3) is 0 Å². The van der Waals surface area contributed by atoms with Gasteiger partial charge in [0.1, 0.15) is 5.75 Å². The van der Waals surface area contributed by atoms with Gasteiger partial charge in [-0.3, -0.25) is 0 Å². The van der Waals surface area contributed by atoms with Gasteiger partial charge in [-0.2, -0.15) is 0 Å². The van der Waals surface area contributed by atoms with Crippen molar-refractivity contribution in [2.75, 3.05) is 6.61 Å². The average molecular weight is 381 g/mol. The second-order valence-corrected chi connectivity index (χ2v) is 7.07. The van der Waals surface area contributed by atoms with Gasteiger partial charge in [-0.1, -0.05) is 39.1 Å². The van der Waals surface area contributed by atoms with Crippen LogP contribution in [-0.4, -0.2) is 6.61 Å². The predicted octanol–water partition coefficient (Wildman–Crippen LogP) is 5.26. The standard InChI is InChI=1S/C13H12BrCl2NOS/c1-2-18-10-4-3-7(14)5-8(10)12(17)9-6-11(15)19-13(9)16/h3-6,12H,2,17H2,1H3. The van der Waals surface area contributed by atoms with Crippen molar-refractivity contribution in [1.82, 2.24) is 0 Å². The quantitative estimate of drug-likeness (QED) is 0.784. The van der Waals surface area contributed by atoms with Crippen LogP contribution in [0.3, 0.4) is 0 Å². The smallest absolute Gasteiger partial charge is 0.124 e. The van der Waals surface area contributed by atoms with Crippen LogP contribution in [-0.2, 0) is 0 Å². The van der Waals surface area contributed by atoms with E-state index in [0.29, 0.717) is 15.3 Å². The average Bonchev–Trinajstić information content (AvgIpc) is 2.70. The number of benzene rings is 1. The molecule has 0 radical (unpaired) electrons. The Morgan fingerprint density at radius 3 is 2.63 bits per heavy atom. The molecular weight excluding hydrogens is 369 g/mol. The van der Waals surface area contributed by atoms with Gasteiger partial charge in [0.05, 0.1) is 21.3 Å². The van der Waals surface area contributed by atoms with Crippen LogP contribution in [0.15, 0.2) is 28.7 Å². The molecule has 1 heterocycles. The summed E-state index contributed by atoms with van der Waals surface area (Å²) in [5.74, 6) is 0.761. The molecule has 6 heteroatoms. The van der Waals surface area contributed by atoms with Gasteiger partial charge in [0, 0.05) is 15.6 Å². The molecule has 0 saturated carbocycles. The minimum Gasteiger partial charge on any atom is -0.494 e. The maximum Gasteiger partial charge on any atom is 0.124 e. The van der Waals surface area contributed by atoms with Crippen molar-refractivity contribution in [2.24, 2.45) is 5.73 Å². The van der Waals surface area contributed by atoms with E-state index in [2.05, 4.69) is 15.9 Å². The third-order valence-electron chi connectivity index (χ3n) is 2.62. The summed E-state index contributed by atoms with van der Waals surface area (Å²) in [6.07, 6.45) is 0. The number of thiophene rings is 1. The first-order valence-electron chi connectivity index (χ1n) is 5.65. The largest absolute Gasteiger partial charge is 0.494 e. The van der Waals surface area contributed by atoms with Crippen molar-refractivity contribution in [3.63, 3.8) is 0 Å². The first kappa shape index (κ1) is 15.1. The van der Waals surface area contributed by atoms with Crippen molar-refractivity contribution in [3.8, 4) is 5.75 Å². The van der Waals surface area contributed by atoms with Crippen molar-refractivity contribution in [3.05, 3.63) is 48.5 Å². The molecule has 0 spiro atoms. The molecule has 2 aromatic rings. The van der Waals surface area contributed by atoms with Crippen LogP contribution < -0.4 is 10.5 Å². The predicted molar refractivity (Wildman–Crippen MR) is 85.7 cm³/mol. The molecule has 0 aliphatic heterocycles. The number of nitrogens with two attached hydrogens (primary N) is 1. The molecule has 1 atom stereocenters. The summed E-state index contributed by atoms with van der Waals surface area (Å²) in [6.45, 7) is 2.52. The van der Waals surface area contributed by atoms with Gasteiger partial charge in [0.15, 0.2) is 0 Å². The second kappa shape index (κ2) is 6.46. The van der Waals surface area contributed by atoms with Gasteiger partial charge >= 0.3 is 0 Å². The van der Waals surface area contributed by atoms with Crippen molar-refractivity contribution in [1.29, 1.82) is 0 Å². The van der Waals surface area contributed by atoms with Crippen LogP contribution in [0, 0.1) is 0 Å². The molecule has 2 nitrogen and oxygen atoms in total. The SMILES string of the molecule is CCOc1ccc(Br)cc1C(N)c1cc(Cl)sc1Cl. The Bertz CT molecular complexity index is 588. The molecule has 0 fully saturated rings. The normalized spacial score (nSPS) is 12.5. The Balaban J connectivity index is 2.45. The highest BCUT2D eigenvalue weighted by Gasteiger charge is 2.19. The molecule has 19 heavy (non-hydrogen) atoms. The number of hydrogen-bond donors (Lipinski definition) is 1. The van der Waals surface area contributed by atoms with Crippen LogP contribution in [0.4, 0.5) is 0 Å². The minimum absolute atomic E-state index is 0.365. The summed E-state index contributed by atoms with van der Waals surface area (Å²) >= 11 is 16.9. The van der Waals surface area contributed by atoms with Gasteiger partial charge in [-0.05, 0) is 31.2 Å². The van der Waals surface area contributed by atoms with Crippen LogP contribution in [0.1, 0.15) is 24.1 Å². The highest BCUT2D eigenvalue weighted by molar-refractivity contribution is 9.10. The van der Waals surface area contributed by atoms with Gasteiger partial charge < -0.3 is 10.5 Å². The molecule has 0 bridgehead atoms. The first-order valence-corrected chi connectivity index (χ1v) is 8.02. The van der Waals surface area contributed by atoms with Crippen LogP contribution in [0.5, 0.6) is 5.75 Å². The fourth-order valence-corrected chi connectivity index (χ4v) is 3.71. The topological polar surface area (TPSA) is 35.2 Å². The Morgan fingerprint density at radius 2 is 2.05 bits per heavy atom. The molecule has 0 saturated heterocycles. The van der Waals surface area contributed by atoms with E-state index >= 15 is 0 Å². The highest BCUT2D eigenvalue weighted by atomic mass is 79.9. The Hall–Kier alpha value is -0.260. The highest BCUT2D eigenvalue weighted by Crippen LogP contribution is 2.39. The van der Waals surface area contributed by atoms with Crippen LogP contribution in [0.25, 0.3) is 0 Å². The number of ether oxygens (including phenoxy) is 1. The molecule has 0 aliphatic rings. The maximum atomic E-state index is 6.29. The van der Waals surface area contributed by atoms with E-state index in [1.165, 1.54) is 11.3 Å². The molecule has 102 valence electrons.